The Morgan fingerprint density at radius 3 is 2.56 bits per heavy atom. The van der Waals surface area contributed by atoms with E-state index in [0.29, 0.717) is 6.04 Å². The fraction of sp³-hybridized carbons (Fsp3) is 1.00. The Bertz CT molecular complexity index is 252. The molecule has 104 valence electrons. The molecule has 0 aromatic carbocycles. The van der Waals surface area contributed by atoms with Gasteiger partial charge in [0, 0.05) is 25.9 Å². The van der Waals surface area contributed by atoms with Crippen LogP contribution in [0.1, 0.15) is 51.4 Å². The van der Waals surface area contributed by atoms with Crippen molar-refractivity contribution in [2.45, 2.75) is 63.0 Å². The normalized spacial score (nSPS) is 33.0. The molecule has 18 heavy (non-hydrogen) atoms. The Labute approximate surface area is 111 Å². The number of nitrogens with one attached hydrogen (secondary N) is 1. The van der Waals surface area contributed by atoms with Crippen molar-refractivity contribution in [2.24, 2.45) is 5.92 Å². The Balaban J connectivity index is 1.47. The van der Waals surface area contributed by atoms with Crippen LogP contribution >= 0.6 is 0 Å². The van der Waals surface area contributed by atoms with E-state index in [-0.39, 0.29) is 5.60 Å². The van der Waals surface area contributed by atoms with Gasteiger partial charge in [-0.25, -0.2) is 0 Å². The summed E-state index contributed by atoms with van der Waals surface area (Å²) in [4.78, 5) is 0. The smallest absolute Gasteiger partial charge is 0.0741 e. The van der Waals surface area contributed by atoms with E-state index in [9.17, 15) is 0 Å². The third-order valence-corrected chi connectivity index (χ3v) is 5.07. The zero-order valence-corrected chi connectivity index (χ0v) is 11.5. The average molecular weight is 253 g/mol. The SMILES string of the molecule is C1CCC(CNC2CCOC3(CCOCC3)C2)C1. The molecule has 0 aromatic heterocycles. The molecule has 0 aromatic rings. The first-order valence-electron chi connectivity index (χ1n) is 7.81. The maximum atomic E-state index is 6.09. The van der Waals surface area contributed by atoms with Crippen molar-refractivity contribution in [3.63, 3.8) is 0 Å². The lowest BCUT2D eigenvalue weighted by atomic mass is 9.84. The van der Waals surface area contributed by atoms with Gasteiger partial charge in [-0.15, -0.1) is 0 Å². The Kier molecular flexibility index (Phi) is 4.22. The molecule has 3 aliphatic rings. The zero-order chi connectivity index (χ0) is 12.3. The van der Waals surface area contributed by atoms with Crippen LogP contribution in [0.25, 0.3) is 0 Å². The first-order chi connectivity index (χ1) is 8.86. The van der Waals surface area contributed by atoms with Crippen molar-refractivity contribution in [1.82, 2.24) is 5.32 Å². The van der Waals surface area contributed by atoms with Crippen molar-refractivity contribution in [1.29, 1.82) is 0 Å². The monoisotopic (exact) mass is 253 g/mol. The van der Waals surface area contributed by atoms with E-state index in [2.05, 4.69) is 5.32 Å². The van der Waals surface area contributed by atoms with Crippen LogP contribution in [0.5, 0.6) is 0 Å². The van der Waals surface area contributed by atoms with Crippen molar-refractivity contribution in [3.8, 4) is 0 Å². The third-order valence-electron chi connectivity index (χ3n) is 5.07. The van der Waals surface area contributed by atoms with E-state index >= 15 is 0 Å². The molecule has 2 heterocycles. The van der Waals surface area contributed by atoms with Gasteiger partial charge in [0.05, 0.1) is 5.60 Å². The number of hydrogen-bond acceptors (Lipinski definition) is 3. The molecule has 1 atom stereocenters. The van der Waals surface area contributed by atoms with Gasteiger partial charge in [0.15, 0.2) is 0 Å². The van der Waals surface area contributed by atoms with Gasteiger partial charge in [-0.3, -0.25) is 0 Å². The maximum Gasteiger partial charge on any atom is 0.0741 e. The molecular formula is C15H27NO2. The second kappa shape index (κ2) is 5.89. The first kappa shape index (κ1) is 12.9. The molecule has 1 unspecified atom stereocenters. The zero-order valence-electron chi connectivity index (χ0n) is 11.5. The number of rotatable bonds is 3. The highest BCUT2D eigenvalue weighted by Crippen LogP contribution is 2.34. The van der Waals surface area contributed by atoms with E-state index < -0.39 is 0 Å². The molecule has 1 saturated carbocycles. The van der Waals surface area contributed by atoms with Gasteiger partial charge in [-0.05, 0) is 51.0 Å². The highest BCUT2D eigenvalue weighted by atomic mass is 16.5. The largest absolute Gasteiger partial charge is 0.381 e. The van der Waals surface area contributed by atoms with Gasteiger partial charge in [0.1, 0.15) is 0 Å². The van der Waals surface area contributed by atoms with Crippen LogP contribution in [-0.2, 0) is 9.47 Å². The second-order valence-electron chi connectivity index (χ2n) is 6.39. The Morgan fingerprint density at radius 2 is 1.78 bits per heavy atom. The predicted octanol–water partition coefficient (Wildman–Crippen LogP) is 2.49. The number of hydrogen-bond donors (Lipinski definition) is 1. The summed E-state index contributed by atoms with van der Waals surface area (Å²) in [6.07, 6.45) is 10.3. The minimum atomic E-state index is 0.143. The molecule has 1 aliphatic carbocycles. The molecule has 3 nitrogen and oxygen atoms in total. The summed E-state index contributed by atoms with van der Waals surface area (Å²) in [5.41, 5.74) is 0.143. The maximum absolute atomic E-state index is 6.09. The van der Waals surface area contributed by atoms with E-state index in [1.807, 2.05) is 0 Å². The molecule has 0 radical (unpaired) electrons. The minimum absolute atomic E-state index is 0.143. The molecule has 2 aliphatic heterocycles. The van der Waals surface area contributed by atoms with Crippen LogP contribution in [0.15, 0.2) is 0 Å². The van der Waals surface area contributed by atoms with Crippen LogP contribution in [0.4, 0.5) is 0 Å². The summed E-state index contributed by atoms with van der Waals surface area (Å²) in [7, 11) is 0. The van der Waals surface area contributed by atoms with Crippen LogP contribution in [0.2, 0.25) is 0 Å². The van der Waals surface area contributed by atoms with Gasteiger partial charge in [0.25, 0.3) is 0 Å². The molecule has 0 bridgehead atoms. The lowest BCUT2D eigenvalue weighted by Crippen LogP contribution is -2.50. The quantitative estimate of drug-likeness (QED) is 0.838. The lowest BCUT2D eigenvalue weighted by molar-refractivity contribution is -0.140. The molecule has 0 amide bonds. The Morgan fingerprint density at radius 1 is 1.00 bits per heavy atom. The van der Waals surface area contributed by atoms with Crippen molar-refractivity contribution < 1.29 is 9.47 Å². The van der Waals surface area contributed by atoms with Crippen LogP contribution in [0.3, 0.4) is 0 Å². The van der Waals surface area contributed by atoms with Gasteiger partial charge in [0.2, 0.25) is 0 Å². The van der Waals surface area contributed by atoms with E-state index in [1.54, 1.807) is 0 Å². The summed E-state index contributed by atoms with van der Waals surface area (Å²) in [6, 6.07) is 0.678. The van der Waals surface area contributed by atoms with Gasteiger partial charge in [-0.1, -0.05) is 12.8 Å². The predicted molar refractivity (Wildman–Crippen MR) is 71.7 cm³/mol. The summed E-state index contributed by atoms with van der Waals surface area (Å²) >= 11 is 0. The molecular weight excluding hydrogens is 226 g/mol. The van der Waals surface area contributed by atoms with Gasteiger partial charge in [-0.2, -0.15) is 0 Å². The van der Waals surface area contributed by atoms with Crippen molar-refractivity contribution in [2.75, 3.05) is 26.4 Å². The average Bonchev–Trinajstić information content (AvgIpc) is 2.91. The summed E-state index contributed by atoms with van der Waals surface area (Å²) in [5.74, 6) is 0.943. The van der Waals surface area contributed by atoms with E-state index in [4.69, 9.17) is 9.47 Å². The first-order valence-corrected chi connectivity index (χ1v) is 7.81. The topological polar surface area (TPSA) is 30.5 Å². The molecule has 1 N–H and O–H groups in total. The molecule has 3 heteroatoms. The van der Waals surface area contributed by atoms with Gasteiger partial charge < -0.3 is 14.8 Å². The van der Waals surface area contributed by atoms with E-state index in [0.717, 1.165) is 38.6 Å². The fourth-order valence-electron chi connectivity index (χ4n) is 3.84. The number of ether oxygens (including phenoxy) is 2. The summed E-state index contributed by atoms with van der Waals surface area (Å²) < 4.78 is 11.6. The van der Waals surface area contributed by atoms with Crippen LogP contribution < -0.4 is 5.32 Å². The standard InChI is InChI=1S/C15H27NO2/c1-2-4-13(3-1)12-16-14-5-8-18-15(11-14)6-9-17-10-7-15/h13-14,16H,1-12H2. The van der Waals surface area contributed by atoms with Crippen LogP contribution in [-0.4, -0.2) is 38.0 Å². The lowest BCUT2D eigenvalue weighted by Gasteiger charge is -2.43. The van der Waals surface area contributed by atoms with Gasteiger partial charge >= 0.3 is 0 Å². The Hall–Kier alpha value is -0.120. The highest BCUT2D eigenvalue weighted by Gasteiger charge is 2.38. The molecule has 3 rings (SSSR count). The third kappa shape index (κ3) is 3.06. The molecule has 3 fully saturated rings. The molecule has 2 saturated heterocycles. The van der Waals surface area contributed by atoms with Crippen LogP contribution in [0, 0.1) is 5.92 Å². The van der Waals surface area contributed by atoms with E-state index in [1.165, 1.54) is 45.1 Å². The van der Waals surface area contributed by atoms with Crippen molar-refractivity contribution in [3.05, 3.63) is 0 Å². The molecule has 1 spiro atoms. The second-order valence-corrected chi connectivity index (χ2v) is 6.39. The fourth-order valence-corrected chi connectivity index (χ4v) is 3.84. The highest BCUT2D eigenvalue weighted by molar-refractivity contribution is 4.91. The summed E-state index contributed by atoms with van der Waals surface area (Å²) in [5, 5.41) is 3.81. The van der Waals surface area contributed by atoms with Crippen molar-refractivity contribution >= 4 is 0 Å². The minimum Gasteiger partial charge on any atom is -0.381 e. The summed E-state index contributed by atoms with van der Waals surface area (Å²) in [6.45, 7) is 3.93.